The molecular weight excluding hydrogens is 368 g/mol. The summed E-state index contributed by atoms with van der Waals surface area (Å²) in [4.78, 5) is 19.6. The van der Waals surface area contributed by atoms with E-state index in [2.05, 4.69) is 0 Å². The first kappa shape index (κ1) is 18.9. The van der Waals surface area contributed by atoms with Crippen molar-refractivity contribution in [3.63, 3.8) is 0 Å². The lowest BCUT2D eigenvalue weighted by molar-refractivity contribution is -0.386. The van der Waals surface area contributed by atoms with Gasteiger partial charge in [0.05, 0.1) is 22.0 Å². The summed E-state index contributed by atoms with van der Waals surface area (Å²) in [5.74, 6) is -6.87. The Bertz CT molecular complexity index is 806. The van der Waals surface area contributed by atoms with Crippen molar-refractivity contribution in [2.24, 2.45) is 0 Å². The topological polar surface area (TPSA) is 105 Å². The Balaban J connectivity index is 2.08. The third-order valence-electron chi connectivity index (χ3n) is 3.00. The first-order valence-corrected chi connectivity index (χ1v) is 6.73. The number of nitro benzene ring substituents is 2. The Morgan fingerprint density at radius 2 is 1.00 bits per heavy atom. The van der Waals surface area contributed by atoms with E-state index in [1.54, 1.807) is 0 Å². The van der Waals surface area contributed by atoms with Crippen LogP contribution in [0.25, 0.3) is 0 Å². The Kier molecular flexibility index (Phi) is 5.54. The predicted molar refractivity (Wildman–Crippen MR) is 77.0 cm³/mol. The fourth-order valence-electron chi connectivity index (χ4n) is 1.86. The fourth-order valence-corrected chi connectivity index (χ4v) is 1.86. The van der Waals surface area contributed by atoms with Gasteiger partial charge in [-0.1, -0.05) is 0 Å². The highest BCUT2D eigenvalue weighted by atomic mass is 19.2. The lowest BCUT2D eigenvalue weighted by atomic mass is 10.2. The number of hydrogen-bond acceptors (Lipinski definition) is 6. The Hall–Kier alpha value is -3.44. The summed E-state index contributed by atoms with van der Waals surface area (Å²) >= 11 is 0. The van der Waals surface area contributed by atoms with Crippen LogP contribution in [0.15, 0.2) is 24.3 Å². The zero-order valence-corrected chi connectivity index (χ0v) is 12.6. The zero-order chi connectivity index (χ0) is 19.4. The molecular formula is C14H8F4N2O6. The molecule has 0 atom stereocenters. The molecule has 0 bridgehead atoms. The van der Waals surface area contributed by atoms with Gasteiger partial charge >= 0.3 is 11.4 Å². The Morgan fingerprint density at radius 1 is 0.692 bits per heavy atom. The van der Waals surface area contributed by atoms with Crippen LogP contribution in [-0.2, 0) is 0 Å². The number of hydrogen-bond donors (Lipinski definition) is 0. The van der Waals surface area contributed by atoms with E-state index in [9.17, 15) is 37.8 Å². The molecule has 2 aromatic rings. The molecule has 138 valence electrons. The third kappa shape index (κ3) is 4.15. The average molecular weight is 376 g/mol. The molecule has 2 rings (SSSR count). The van der Waals surface area contributed by atoms with Crippen LogP contribution < -0.4 is 9.47 Å². The molecule has 0 aliphatic carbocycles. The molecule has 0 saturated heterocycles. The minimum Gasteiger partial charge on any atom is -0.483 e. The van der Waals surface area contributed by atoms with Crippen molar-refractivity contribution >= 4 is 11.4 Å². The van der Waals surface area contributed by atoms with Gasteiger partial charge in [-0.2, -0.15) is 0 Å². The van der Waals surface area contributed by atoms with E-state index in [-0.39, 0.29) is 0 Å². The molecule has 2 aromatic carbocycles. The summed E-state index contributed by atoms with van der Waals surface area (Å²) in [5, 5.41) is 21.6. The van der Waals surface area contributed by atoms with Crippen molar-refractivity contribution in [2.75, 3.05) is 13.2 Å². The summed E-state index contributed by atoms with van der Waals surface area (Å²) in [5.41, 5.74) is -1.69. The summed E-state index contributed by atoms with van der Waals surface area (Å²) in [7, 11) is 0. The first-order chi connectivity index (χ1) is 12.2. The van der Waals surface area contributed by atoms with Gasteiger partial charge in [0, 0.05) is 12.1 Å². The molecule has 0 amide bonds. The number of ether oxygens (including phenoxy) is 2. The van der Waals surface area contributed by atoms with Crippen molar-refractivity contribution in [1.82, 2.24) is 0 Å². The standard InChI is InChI=1S/C14H8F4N2O6/c15-7-3-11(19(21)22)13(5-9(7)17)25-1-2-26-14-6-10(18)8(16)4-12(14)20(23)24/h3-6H,1-2H2. The van der Waals surface area contributed by atoms with E-state index in [1.165, 1.54) is 0 Å². The van der Waals surface area contributed by atoms with E-state index in [4.69, 9.17) is 9.47 Å². The largest absolute Gasteiger partial charge is 0.483 e. The average Bonchev–Trinajstić information content (AvgIpc) is 2.56. The molecule has 0 aliphatic heterocycles. The molecule has 0 N–H and O–H groups in total. The number of rotatable bonds is 7. The van der Waals surface area contributed by atoms with Crippen LogP contribution >= 0.6 is 0 Å². The molecule has 0 unspecified atom stereocenters. The number of halogens is 4. The van der Waals surface area contributed by atoms with Crippen molar-refractivity contribution in [3.05, 3.63) is 67.8 Å². The van der Waals surface area contributed by atoms with Gasteiger partial charge in [-0.25, -0.2) is 17.6 Å². The quantitative estimate of drug-likeness (QED) is 0.317. The van der Waals surface area contributed by atoms with Gasteiger partial charge in [0.15, 0.2) is 34.8 Å². The molecule has 0 fully saturated rings. The molecule has 0 aliphatic rings. The van der Waals surface area contributed by atoms with Crippen LogP contribution in [0.1, 0.15) is 0 Å². The van der Waals surface area contributed by atoms with Gasteiger partial charge in [0.2, 0.25) is 0 Å². The maximum absolute atomic E-state index is 13.2. The smallest absolute Gasteiger partial charge is 0.314 e. The molecule has 0 saturated carbocycles. The van der Waals surface area contributed by atoms with Gasteiger partial charge in [-0.15, -0.1) is 0 Å². The van der Waals surface area contributed by atoms with Crippen LogP contribution in [0.3, 0.4) is 0 Å². The van der Waals surface area contributed by atoms with Crippen LogP contribution in [-0.4, -0.2) is 23.1 Å². The molecule has 0 aromatic heterocycles. The lowest BCUT2D eigenvalue weighted by Gasteiger charge is -2.09. The Morgan fingerprint density at radius 3 is 1.31 bits per heavy atom. The normalized spacial score (nSPS) is 10.5. The van der Waals surface area contributed by atoms with Crippen LogP contribution in [0.5, 0.6) is 11.5 Å². The van der Waals surface area contributed by atoms with E-state index < -0.39 is 69.2 Å². The predicted octanol–water partition coefficient (Wildman–Crippen LogP) is 3.52. The molecule has 8 nitrogen and oxygen atoms in total. The SMILES string of the molecule is O=[N+]([O-])c1cc(F)c(F)cc1OCCOc1cc(F)c(F)cc1[N+](=O)[O-]. The first-order valence-electron chi connectivity index (χ1n) is 6.73. The van der Waals surface area contributed by atoms with Gasteiger partial charge < -0.3 is 9.47 Å². The maximum Gasteiger partial charge on any atom is 0.314 e. The Labute approximate surface area is 141 Å². The van der Waals surface area contributed by atoms with Crippen LogP contribution in [0.2, 0.25) is 0 Å². The zero-order valence-electron chi connectivity index (χ0n) is 12.6. The molecule has 0 spiro atoms. The lowest BCUT2D eigenvalue weighted by Crippen LogP contribution is -2.11. The van der Waals surface area contributed by atoms with Gasteiger partial charge in [-0.3, -0.25) is 20.2 Å². The molecule has 0 heterocycles. The number of nitrogens with zero attached hydrogens (tertiary/aromatic N) is 2. The highest BCUT2D eigenvalue weighted by molar-refractivity contribution is 5.47. The van der Waals surface area contributed by atoms with Crippen LogP contribution in [0, 0.1) is 43.5 Å². The van der Waals surface area contributed by atoms with Crippen molar-refractivity contribution in [3.8, 4) is 11.5 Å². The number of nitro groups is 2. The number of benzene rings is 2. The highest BCUT2D eigenvalue weighted by Gasteiger charge is 2.22. The van der Waals surface area contributed by atoms with Gasteiger partial charge in [0.25, 0.3) is 0 Å². The summed E-state index contributed by atoms with van der Waals surface area (Å²) in [6.07, 6.45) is 0. The second-order valence-electron chi connectivity index (χ2n) is 4.68. The van der Waals surface area contributed by atoms with E-state index >= 15 is 0 Å². The summed E-state index contributed by atoms with van der Waals surface area (Å²) < 4.78 is 62.2. The second-order valence-corrected chi connectivity index (χ2v) is 4.68. The van der Waals surface area contributed by atoms with E-state index in [1.807, 2.05) is 0 Å². The van der Waals surface area contributed by atoms with Crippen molar-refractivity contribution in [1.29, 1.82) is 0 Å². The third-order valence-corrected chi connectivity index (χ3v) is 3.00. The van der Waals surface area contributed by atoms with Crippen molar-refractivity contribution in [2.45, 2.75) is 0 Å². The van der Waals surface area contributed by atoms with E-state index in [0.717, 1.165) is 0 Å². The maximum atomic E-state index is 13.2. The van der Waals surface area contributed by atoms with Crippen molar-refractivity contribution < 1.29 is 36.9 Å². The van der Waals surface area contributed by atoms with Gasteiger partial charge in [0.1, 0.15) is 13.2 Å². The minimum atomic E-state index is -1.45. The van der Waals surface area contributed by atoms with Gasteiger partial charge in [-0.05, 0) is 0 Å². The summed E-state index contributed by atoms with van der Waals surface area (Å²) in [6.45, 7) is -0.968. The molecule has 26 heavy (non-hydrogen) atoms. The molecule has 12 heteroatoms. The highest BCUT2D eigenvalue weighted by Crippen LogP contribution is 2.31. The summed E-state index contributed by atoms with van der Waals surface area (Å²) in [6, 6.07) is 1.55. The fraction of sp³-hybridized carbons (Fsp3) is 0.143. The second kappa shape index (κ2) is 7.63. The minimum absolute atomic E-state index is 0.325. The van der Waals surface area contributed by atoms with Crippen LogP contribution in [0.4, 0.5) is 28.9 Å². The molecule has 0 radical (unpaired) electrons. The van der Waals surface area contributed by atoms with E-state index in [0.29, 0.717) is 24.3 Å². The monoisotopic (exact) mass is 376 g/mol.